The average molecular weight is 440 g/mol. The Morgan fingerprint density at radius 2 is 1.38 bits per heavy atom. The second kappa shape index (κ2) is 8.20. The Morgan fingerprint density at radius 1 is 0.706 bits per heavy atom. The maximum absolute atomic E-state index is 13.3. The van der Waals surface area contributed by atoms with Crippen molar-refractivity contribution in [1.82, 2.24) is 4.98 Å². The van der Waals surface area contributed by atoms with Crippen LogP contribution in [0.4, 0.5) is 0 Å². The number of pyridine rings is 2. The Hall–Kier alpha value is -4.37. The van der Waals surface area contributed by atoms with Crippen molar-refractivity contribution < 1.29 is 9.36 Å². The number of ketones is 1. The molecule has 3 nitrogen and oxygen atoms in total. The van der Waals surface area contributed by atoms with E-state index >= 15 is 0 Å². The minimum absolute atomic E-state index is 0.0776. The lowest BCUT2D eigenvalue weighted by molar-refractivity contribution is -0.683. The van der Waals surface area contributed by atoms with Gasteiger partial charge in [-0.2, -0.15) is 4.57 Å². The molecule has 1 aliphatic carbocycles. The monoisotopic (exact) mass is 439 g/mol. The minimum atomic E-state index is -0.593. The van der Waals surface area contributed by atoms with Crippen LogP contribution in [0.3, 0.4) is 0 Å². The standard InChI is InChI=1S/C31H23N2O/c34-29(22-33-19-8-1-9-20-33)23-11-10-12-24(21-23)31(30-17-6-7-18-32-30)27-15-4-2-13-25(27)26-14-3-5-16-28(26)31/h1-21H,22H2/q+1. The van der Waals surface area contributed by atoms with Gasteiger partial charge in [-0.15, -0.1) is 0 Å². The molecule has 0 saturated heterocycles. The summed E-state index contributed by atoms with van der Waals surface area (Å²) >= 11 is 0. The molecule has 34 heavy (non-hydrogen) atoms. The molecule has 0 aliphatic heterocycles. The maximum atomic E-state index is 13.3. The van der Waals surface area contributed by atoms with Crippen molar-refractivity contribution in [1.29, 1.82) is 0 Å². The molecule has 0 N–H and O–H groups in total. The van der Waals surface area contributed by atoms with E-state index in [1.54, 1.807) is 0 Å². The number of hydrogen-bond acceptors (Lipinski definition) is 2. The van der Waals surface area contributed by atoms with Crippen LogP contribution in [0.2, 0.25) is 0 Å². The Labute approximate surface area is 199 Å². The van der Waals surface area contributed by atoms with Crippen LogP contribution in [0.5, 0.6) is 0 Å². The summed E-state index contributed by atoms with van der Waals surface area (Å²) in [6, 6.07) is 37.1. The first kappa shape index (κ1) is 20.3. The van der Waals surface area contributed by atoms with Crippen LogP contribution in [0.15, 0.2) is 128 Å². The van der Waals surface area contributed by atoms with Crippen LogP contribution in [0.1, 0.15) is 32.7 Å². The number of nitrogens with zero attached hydrogens (tertiary/aromatic N) is 2. The molecule has 0 unspecified atom stereocenters. The zero-order valence-corrected chi connectivity index (χ0v) is 18.6. The molecule has 2 heterocycles. The number of aromatic nitrogens is 2. The summed E-state index contributed by atoms with van der Waals surface area (Å²) in [4.78, 5) is 18.1. The van der Waals surface area contributed by atoms with Gasteiger partial charge in [0.2, 0.25) is 12.3 Å². The molecule has 162 valence electrons. The molecule has 3 heteroatoms. The van der Waals surface area contributed by atoms with E-state index in [1.165, 1.54) is 22.3 Å². The van der Waals surface area contributed by atoms with E-state index in [0.717, 1.165) is 11.3 Å². The second-order valence-corrected chi connectivity index (χ2v) is 8.61. The lowest BCUT2D eigenvalue weighted by atomic mass is 9.69. The molecule has 3 aromatic carbocycles. The zero-order valence-electron chi connectivity index (χ0n) is 18.6. The van der Waals surface area contributed by atoms with E-state index in [2.05, 4.69) is 66.7 Å². The van der Waals surface area contributed by atoms with E-state index in [1.807, 2.05) is 65.6 Å². The first-order valence-electron chi connectivity index (χ1n) is 11.5. The molecule has 0 amide bonds. The number of Topliss-reactive ketones (excluding diaryl/α,β-unsaturated/α-hetero) is 1. The van der Waals surface area contributed by atoms with Crippen molar-refractivity contribution in [2.45, 2.75) is 12.0 Å². The average Bonchev–Trinajstić information content (AvgIpc) is 3.21. The summed E-state index contributed by atoms with van der Waals surface area (Å²) in [7, 11) is 0. The molecule has 2 aromatic heterocycles. The van der Waals surface area contributed by atoms with Crippen LogP contribution < -0.4 is 4.57 Å². The van der Waals surface area contributed by atoms with E-state index in [0.29, 0.717) is 12.1 Å². The van der Waals surface area contributed by atoms with E-state index in [-0.39, 0.29) is 5.78 Å². The van der Waals surface area contributed by atoms with Crippen LogP contribution in [0.25, 0.3) is 11.1 Å². The van der Waals surface area contributed by atoms with Gasteiger partial charge in [0.25, 0.3) is 0 Å². The van der Waals surface area contributed by atoms with Crippen molar-refractivity contribution in [3.63, 3.8) is 0 Å². The van der Waals surface area contributed by atoms with Gasteiger partial charge >= 0.3 is 0 Å². The van der Waals surface area contributed by atoms with Gasteiger partial charge in [0, 0.05) is 23.9 Å². The fourth-order valence-corrected chi connectivity index (χ4v) is 5.28. The van der Waals surface area contributed by atoms with Crippen LogP contribution in [0, 0.1) is 0 Å². The third kappa shape index (κ3) is 3.09. The second-order valence-electron chi connectivity index (χ2n) is 8.61. The number of hydrogen-bond donors (Lipinski definition) is 0. The molecule has 0 fully saturated rings. The van der Waals surface area contributed by atoms with Gasteiger partial charge in [0.05, 0.1) is 11.1 Å². The summed E-state index contributed by atoms with van der Waals surface area (Å²) in [6.45, 7) is 0.300. The smallest absolute Gasteiger partial charge is 0.227 e. The van der Waals surface area contributed by atoms with Crippen molar-refractivity contribution in [2.24, 2.45) is 0 Å². The SMILES string of the molecule is O=C(C[n+]1ccccc1)c1cccc(C2(c3ccccn3)c3ccccc3-c3ccccc32)c1. The van der Waals surface area contributed by atoms with Gasteiger partial charge in [-0.3, -0.25) is 9.78 Å². The number of carbonyl (C=O) groups is 1. The zero-order chi connectivity index (χ0) is 23.0. The molecule has 0 atom stereocenters. The highest BCUT2D eigenvalue weighted by molar-refractivity contribution is 5.96. The lowest BCUT2D eigenvalue weighted by Gasteiger charge is -2.32. The Balaban J connectivity index is 1.58. The molecular weight excluding hydrogens is 416 g/mol. The highest BCUT2D eigenvalue weighted by Crippen LogP contribution is 2.55. The predicted molar refractivity (Wildman–Crippen MR) is 133 cm³/mol. The quantitative estimate of drug-likeness (QED) is 0.258. The molecular formula is C31H23N2O+. The Morgan fingerprint density at radius 3 is 2.06 bits per heavy atom. The van der Waals surface area contributed by atoms with Crippen molar-refractivity contribution in [2.75, 3.05) is 0 Å². The molecule has 1 aliphatic rings. The molecule has 0 radical (unpaired) electrons. The number of carbonyl (C=O) groups excluding carboxylic acids is 1. The van der Waals surface area contributed by atoms with Crippen molar-refractivity contribution in [3.8, 4) is 11.1 Å². The molecule has 0 spiro atoms. The molecule has 6 rings (SSSR count). The number of fused-ring (bicyclic) bond motifs is 3. The third-order valence-corrected chi connectivity index (χ3v) is 6.72. The van der Waals surface area contributed by atoms with E-state index in [4.69, 9.17) is 4.98 Å². The predicted octanol–water partition coefficient (Wildman–Crippen LogP) is 5.62. The lowest BCUT2D eigenvalue weighted by Crippen LogP contribution is -2.37. The summed E-state index contributed by atoms with van der Waals surface area (Å²) < 4.78 is 1.91. The summed E-state index contributed by atoms with van der Waals surface area (Å²) in [5.74, 6) is 0.0776. The topological polar surface area (TPSA) is 33.8 Å². The minimum Gasteiger partial charge on any atom is -0.287 e. The van der Waals surface area contributed by atoms with Crippen molar-refractivity contribution >= 4 is 5.78 Å². The first-order valence-corrected chi connectivity index (χ1v) is 11.5. The largest absolute Gasteiger partial charge is 0.287 e. The van der Waals surface area contributed by atoms with Gasteiger partial charge in [0.1, 0.15) is 0 Å². The third-order valence-electron chi connectivity index (χ3n) is 6.72. The number of rotatable bonds is 5. The highest BCUT2D eigenvalue weighted by Gasteiger charge is 2.47. The van der Waals surface area contributed by atoms with Gasteiger partial charge < -0.3 is 0 Å². The van der Waals surface area contributed by atoms with Crippen LogP contribution in [-0.4, -0.2) is 10.8 Å². The molecule has 0 saturated carbocycles. The molecule has 5 aromatic rings. The first-order chi connectivity index (χ1) is 16.8. The van der Waals surface area contributed by atoms with E-state index < -0.39 is 5.41 Å². The fraction of sp³-hybridized carbons (Fsp3) is 0.0645. The van der Waals surface area contributed by atoms with Gasteiger partial charge in [-0.05, 0) is 46.0 Å². The summed E-state index contributed by atoms with van der Waals surface area (Å²) in [5, 5.41) is 0. The summed E-state index contributed by atoms with van der Waals surface area (Å²) in [6.07, 6.45) is 5.68. The van der Waals surface area contributed by atoms with Crippen LogP contribution >= 0.6 is 0 Å². The van der Waals surface area contributed by atoms with Gasteiger partial charge in [0.15, 0.2) is 12.4 Å². The summed E-state index contributed by atoms with van der Waals surface area (Å²) in [5.41, 5.74) is 6.91. The van der Waals surface area contributed by atoms with Crippen molar-refractivity contribution in [3.05, 3.63) is 156 Å². The fourth-order valence-electron chi connectivity index (χ4n) is 5.28. The highest BCUT2D eigenvalue weighted by atomic mass is 16.1. The molecule has 0 bridgehead atoms. The Kier molecular flexibility index (Phi) is 4.88. The van der Waals surface area contributed by atoms with Gasteiger partial charge in [-0.1, -0.05) is 78.9 Å². The van der Waals surface area contributed by atoms with Crippen LogP contribution in [-0.2, 0) is 12.0 Å². The Bertz CT molecular complexity index is 1450. The van der Waals surface area contributed by atoms with Gasteiger partial charge in [-0.25, -0.2) is 0 Å². The number of benzene rings is 3. The maximum Gasteiger partial charge on any atom is 0.227 e. The van der Waals surface area contributed by atoms with E-state index in [9.17, 15) is 4.79 Å². The normalized spacial score (nSPS) is 13.2.